The fourth-order valence-corrected chi connectivity index (χ4v) is 1.99. The standard InChI is InChI=1S/C10H17N3O/c1-13-7-6-11-9(13)12-8-10(14)4-2-3-5-10/h6-7,14H,2-5,8H2,1H3,(H,11,12). The minimum atomic E-state index is -0.508. The van der Waals surface area contributed by atoms with Crippen LogP contribution in [0, 0.1) is 0 Å². The van der Waals surface area contributed by atoms with Gasteiger partial charge in [0.2, 0.25) is 5.95 Å². The molecule has 1 aromatic heterocycles. The fourth-order valence-electron chi connectivity index (χ4n) is 1.99. The zero-order chi connectivity index (χ0) is 10.0. The van der Waals surface area contributed by atoms with Crippen LogP contribution in [0.1, 0.15) is 25.7 Å². The number of nitrogens with one attached hydrogen (secondary N) is 1. The molecule has 0 atom stereocenters. The summed E-state index contributed by atoms with van der Waals surface area (Å²) in [6, 6.07) is 0. The lowest BCUT2D eigenvalue weighted by Gasteiger charge is -2.22. The van der Waals surface area contributed by atoms with Crippen LogP contribution < -0.4 is 5.32 Å². The van der Waals surface area contributed by atoms with Crippen molar-refractivity contribution in [3.63, 3.8) is 0 Å². The van der Waals surface area contributed by atoms with Gasteiger partial charge in [-0.05, 0) is 12.8 Å². The summed E-state index contributed by atoms with van der Waals surface area (Å²) in [7, 11) is 1.94. The maximum atomic E-state index is 10.1. The molecule has 0 aromatic carbocycles. The molecule has 1 saturated carbocycles. The Kier molecular flexibility index (Phi) is 2.46. The van der Waals surface area contributed by atoms with Gasteiger partial charge in [0.05, 0.1) is 5.60 Å². The van der Waals surface area contributed by atoms with E-state index in [1.54, 1.807) is 6.20 Å². The molecule has 0 bridgehead atoms. The van der Waals surface area contributed by atoms with Crippen LogP contribution in [-0.2, 0) is 7.05 Å². The van der Waals surface area contributed by atoms with Crippen LogP contribution >= 0.6 is 0 Å². The maximum absolute atomic E-state index is 10.1. The number of hydrogen-bond acceptors (Lipinski definition) is 3. The van der Waals surface area contributed by atoms with Crippen molar-refractivity contribution in [1.82, 2.24) is 9.55 Å². The average molecular weight is 195 g/mol. The summed E-state index contributed by atoms with van der Waals surface area (Å²) in [5.74, 6) is 0.824. The molecule has 0 unspecified atom stereocenters. The molecule has 4 nitrogen and oxygen atoms in total. The second kappa shape index (κ2) is 3.61. The largest absolute Gasteiger partial charge is 0.388 e. The molecule has 0 amide bonds. The number of anilines is 1. The van der Waals surface area contributed by atoms with Gasteiger partial charge in [-0.1, -0.05) is 12.8 Å². The van der Waals surface area contributed by atoms with Crippen LogP contribution in [0.5, 0.6) is 0 Å². The first-order valence-corrected chi connectivity index (χ1v) is 5.13. The number of hydrogen-bond donors (Lipinski definition) is 2. The number of nitrogens with zero attached hydrogens (tertiary/aromatic N) is 2. The normalized spacial score (nSPS) is 19.9. The van der Waals surface area contributed by atoms with Crippen molar-refractivity contribution in [2.75, 3.05) is 11.9 Å². The van der Waals surface area contributed by atoms with Gasteiger partial charge < -0.3 is 15.0 Å². The molecule has 0 aliphatic heterocycles. The van der Waals surface area contributed by atoms with Crippen molar-refractivity contribution in [3.05, 3.63) is 12.4 Å². The number of aryl methyl sites for hydroxylation is 1. The van der Waals surface area contributed by atoms with Crippen molar-refractivity contribution in [2.24, 2.45) is 7.05 Å². The summed E-state index contributed by atoms with van der Waals surface area (Å²) in [6.07, 6.45) is 7.73. The molecule has 1 heterocycles. The van der Waals surface area contributed by atoms with Crippen molar-refractivity contribution in [1.29, 1.82) is 0 Å². The zero-order valence-corrected chi connectivity index (χ0v) is 8.53. The average Bonchev–Trinajstić information content (AvgIpc) is 2.73. The van der Waals surface area contributed by atoms with Gasteiger partial charge in [-0.15, -0.1) is 0 Å². The molecule has 1 aromatic rings. The SMILES string of the molecule is Cn1ccnc1NCC1(O)CCCC1. The summed E-state index contributed by atoms with van der Waals surface area (Å²) in [5, 5.41) is 13.3. The van der Waals surface area contributed by atoms with Crippen LogP contribution in [0.15, 0.2) is 12.4 Å². The highest BCUT2D eigenvalue weighted by molar-refractivity contribution is 5.26. The Labute approximate surface area is 84.0 Å². The molecule has 78 valence electrons. The third-order valence-electron chi connectivity index (χ3n) is 2.93. The molecule has 1 aliphatic carbocycles. The van der Waals surface area contributed by atoms with Gasteiger partial charge >= 0.3 is 0 Å². The first kappa shape index (κ1) is 9.52. The number of imidazole rings is 1. The molecule has 14 heavy (non-hydrogen) atoms. The Hall–Kier alpha value is -1.03. The summed E-state index contributed by atoms with van der Waals surface area (Å²) in [4.78, 5) is 4.15. The minimum absolute atomic E-state index is 0.508. The van der Waals surface area contributed by atoms with E-state index in [0.717, 1.165) is 31.6 Å². The fraction of sp³-hybridized carbons (Fsp3) is 0.700. The molecular weight excluding hydrogens is 178 g/mol. The van der Waals surface area contributed by atoms with Gasteiger partial charge in [-0.25, -0.2) is 4.98 Å². The lowest BCUT2D eigenvalue weighted by Crippen LogP contribution is -2.34. The lowest BCUT2D eigenvalue weighted by molar-refractivity contribution is 0.0612. The Morgan fingerprint density at radius 2 is 2.29 bits per heavy atom. The topological polar surface area (TPSA) is 50.1 Å². The summed E-state index contributed by atoms with van der Waals surface area (Å²) >= 11 is 0. The van der Waals surface area contributed by atoms with Crippen LogP contribution in [0.25, 0.3) is 0 Å². The second-order valence-corrected chi connectivity index (χ2v) is 4.15. The van der Waals surface area contributed by atoms with Gasteiger partial charge in [0.1, 0.15) is 0 Å². The van der Waals surface area contributed by atoms with Gasteiger partial charge in [0.25, 0.3) is 0 Å². The monoisotopic (exact) mass is 195 g/mol. The quantitative estimate of drug-likeness (QED) is 0.760. The van der Waals surface area contributed by atoms with Gasteiger partial charge in [-0.3, -0.25) is 0 Å². The Balaban J connectivity index is 1.91. The third-order valence-corrected chi connectivity index (χ3v) is 2.93. The van der Waals surface area contributed by atoms with Gasteiger partial charge in [0, 0.05) is 26.0 Å². The van der Waals surface area contributed by atoms with E-state index < -0.39 is 5.60 Å². The van der Waals surface area contributed by atoms with E-state index in [4.69, 9.17) is 0 Å². The molecule has 4 heteroatoms. The number of aliphatic hydroxyl groups is 1. The highest BCUT2D eigenvalue weighted by Gasteiger charge is 2.30. The highest BCUT2D eigenvalue weighted by atomic mass is 16.3. The van der Waals surface area contributed by atoms with E-state index in [1.165, 1.54) is 0 Å². The minimum Gasteiger partial charge on any atom is -0.388 e. The van der Waals surface area contributed by atoms with Gasteiger partial charge in [0.15, 0.2) is 0 Å². The van der Waals surface area contributed by atoms with E-state index in [-0.39, 0.29) is 0 Å². The second-order valence-electron chi connectivity index (χ2n) is 4.15. The Bertz CT molecular complexity index is 302. The smallest absolute Gasteiger partial charge is 0.202 e. The van der Waals surface area contributed by atoms with Crippen LogP contribution in [0.3, 0.4) is 0 Å². The zero-order valence-electron chi connectivity index (χ0n) is 8.53. The molecule has 1 fully saturated rings. The molecule has 2 N–H and O–H groups in total. The molecule has 1 aliphatic rings. The van der Waals surface area contributed by atoms with Gasteiger partial charge in [-0.2, -0.15) is 0 Å². The van der Waals surface area contributed by atoms with E-state index in [1.807, 2.05) is 17.8 Å². The van der Waals surface area contributed by atoms with Crippen molar-refractivity contribution in [3.8, 4) is 0 Å². The van der Waals surface area contributed by atoms with Crippen LogP contribution in [0.2, 0.25) is 0 Å². The lowest BCUT2D eigenvalue weighted by atomic mass is 10.0. The first-order chi connectivity index (χ1) is 6.70. The molecule has 0 spiro atoms. The van der Waals surface area contributed by atoms with E-state index >= 15 is 0 Å². The number of aromatic nitrogens is 2. The van der Waals surface area contributed by atoms with Crippen molar-refractivity contribution in [2.45, 2.75) is 31.3 Å². The molecule has 0 saturated heterocycles. The van der Waals surface area contributed by atoms with Crippen LogP contribution in [-0.4, -0.2) is 26.8 Å². The number of rotatable bonds is 3. The van der Waals surface area contributed by atoms with E-state index in [2.05, 4.69) is 10.3 Å². The van der Waals surface area contributed by atoms with E-state index in [0.29, 0.717) is 6.54 Å². The molecule has 0 radical (unpaired) electrons. The predicted octanol–water partition coefficient (Wildman–Crippen LogP) is 1.14. The summed E-state index contributed by atoms with van der Waals surface area (Å²) < 4.78 is 1.91. The molecular formula is C10H17N3O. The van der Waals surface area contributed by atoms with Crippen molar-refractivity contribution < 1.29 is 5.11 Å². The Morgan fingerprint density at radius 3 is 2.86 bits per heavy atom. The summed E-state index contributed by atoms with van der Waals surface area (Å²) in [6.45, 7) is 0.609. The predicted molar refractivity (Wildman–Crippen MR) is 55.1 cm³/mol. The third kappa shape index (κ3) is 1.90. The van der Waals surface area contributed by atoms with Crippen LogP contribution in [0.4, 0.5) is 5.95 Å². The maximum Gasteiger partial charge on any atom is 0.202 e. The molecule has 2 rings (SSSR count). The van der Waals surface area contributed by atoms with Crippen molar-refractivity contribution >= 4 is 5.95 Å². The van der Waals surface area contributed by atoms with E-state index in [9.17, 15) is 5.11 Å². The summed E-state index contributed by atoms with van der Waals surface area (Å²) in [5.41, 5.74) is -0.508. The first-order valence-electron chi connectivity index (χ1n) is 5.13. The Morgan fingerprint density at radius 1 is 1.57 bits per heavy atom. The highest BCUT2D eigenvalue weighted by Crippen LogP contribution is 2.29.